The Kier molecular flexibility index (Phi) is 4.06. The van der Waals surface area contributed by atoms with Crippen molar-refractivity contribution in [2.24, 2.45) is 0 Å². The second kappa shape index (κ2) is 6.14. The van der Waals surface area contributed by atoms with Gasteiger partial charge in [0.05, 0.1) is 18.3 Å². The molecule has 0 saturated carbocycles. The van der Waals surface area contributed by atoms with Gasteiger partial charge in [-0.1, -0.05) is 23.7 Å². The summed E-state index contributed by atoms with van der Waals surface area (Å²) in [5.41, 5.74) is 3.22. The minimum atomic E-state index is -0.173. The molecule has 1 unspecified atom stereocenters. The van der Waals surface area contributed by atoms with E-state index in [-0.39, 0.29) is 12.1 Å². The molecule has 3 rings (SSSR count). The van der Waals surface area contributed by atoms with Crippen LogP contribution in [0.2, 0.25) is 5.02 Å². The zero-order valence-corrected chi connectivity index (χ0v) is 12.2. The van der Waals surface area contributed by atoms with Crippen molar-refractivity contribution in [1.29, 1.82) is 0 Å². The number of amides is 2. The molecule has 0 bridgehead atoms. The molecule has 1 aromatic heterocycles. The molecule has 1 aliphatic carbocycles. The van der Waals surface area contributed by atoms with Gasteiger partial charge >= 0.3 is 6.03 Å². The van der Waals surface area contributed by atoms with Gasteiger partial charge in [0.2, 0.25) is 0 Å². The highest BCUT2D eigenvalue weighted by atomic mass is 35.5. The number of aryl methyl sites for hydroxylation is 1. The minimum absolute atomic E-state index is 0.0565. The highest BCUT2D eigenvalue weighted by molar-refractivity contribution is 6.30. The molecule has 5 heteroatoms. The van der Waals surface area contributed by atoms with E-state index in [0.29, 0.717) is 6.54 Å². The molecule has 2 aromatic rings. The molecular weight excluding hydrogens is 286 g/mol. The smallest absolute Gasteiger partial charge is 0.315 e. The fourth-order valence-electron chi connectivity index (χ4n) is 2.62. The van der Waals surface area contributed by atoms with E-state index in [0.717, 1.165) is 29.1 Å². The van der Waals surface area contributed by atoms with Gasteiger partial charge in [0.1, 0.15) is 0 Å². The molecule has 1 aromatic carbocycles. The number of nitrogens with zero attached hydrogens (tertiary/aromatic N) is 1. The number of carbonyl (C=O) groups is 1. The van der Waals surface area contributed by atoms with Crippen LogP contribution in [0.5, 0.6) is 0 Å². The van der Waals surface area contributed by atoms with Crippen molar-refractivity contribution in [1.82, 2.24) is 15.6 Å². The third-order valence-electron chi connectivity index (χ3n) is 3.64. The average Bonchev–Trinajstić information content (AvgIpc) is 2.88. The highest BCUT2D eigenvalue weighted by Crippen LogP contribution is 2.32. The van der Waals surface area contributed by atoms with E-state index in [1.54, 1.807) is 6.20 Å². The van der Waals surface area contributed by atoms with Crippen molar-refractivity contribution in [3.8, 4) is 0 Å². The molecular formula is C16H16ClN3O. The third-order valence-corrected chi connectivity index (χ3v) is 3.88. The van der Waals surface area contributed by atoms with Crippen LogP contribution in [-0.4, -0.2) is 11.0 Å². The molecule has 1 aliphatic rings. The van der Waals surface area contributed by atoms with E-state index in [1.165, 1.54) is 5.56 Å². The van der Waals surface area contributed by atoms with Crippen molar-refractivity contribution in [2.45, 2.75) is 25.4 Å². The lowest BCUT2D eigenvalue weighted by atomic mass is 10.1. The Hall–Kier alpha value is -2.07. The molecule has 0 aliphatic heterocycles. The van der Waals surface area contributed by atoms with Gasteiger partial charge in [-0.15, -0.1) is 0 Å². The number of halogens is 1. The van der Waals surface area contributed by atoms with E-state index in [4.69, 9.17) is 11.6 Å². The Morgan fingerprint density at radius 1 is 1.33 bits per heavy atom. The first kappa shape index (κ1) is 13.9. The fraction of sp³-hybridized carbons (Fsp3) is 0.250. The molecule has 1 heterocycles. The van der Waals surface area contributed by atoms with Crippen molar-refractivity contribution in [2.75, 3.05) is 0 Å². The number of nitrogens with one attached hydrogen (secondary N) is 2. The second-order valence-corrected chi connectivity index (χ2v) is 5.52. The first-order valence-electron chi connectivity index (χ1n) is 6.95. The molecule has 0 saturated heterocycles. The molecule has 2 N–H and O–H groups in total. The summed E-state index contributed by atoms with van der Waals surface area (Å²) in [7, 11) is 0. The van der Waals surface area contributed by atoms with Crippen LogP contribution >= 0.6 is 11.6 Å². The van der Waals surface area contributed by atoms with Crippen LogP contribution in [0.25, 0.3) is 0 Å². The lowest BCUT2D eigenvalue weighted by molar-refractivity contribution is 0.236. The summed E-state index contributed by atoms with van der Waals surface area (Å²) in [5, 5.41) is 6.58. The van der Waals surface area contributed by atoms with E-state index in [9.17, 15) is 4.79 Å². The molecule has 2 amide bonds. The number of urea groups is 1. The maximum absolute atomic E-state index is 12.0. The molecule has 1 atom stereocenters. The summed E-state index contributed by atoms with van der Waals surface area (Å²) < 4.78 is 0. The van der Waals surface area contributed by atoms with Gasteiger partial charge in [0.15, 0.2) is 0 Å². The fourth-order valence-corrected chi connectivity index (χ4v) is 2.81. The summed E-state index contributed by atoms with van der Waals surface area (Å²) >= 11 is 5.99. The number of benzene rings is 1. The van der Waals surface area contributed by atoms with Gasteiger partial charge in [-0.25, -0.2) is 4.79 Å². The van der Waals surface area contributed by atoms with Gasteiger partial charge in [0.25, 0.3) is 0 Å². The lowest BCUT2D eigenvalue weighted by Crippen LogP contribution is -2.37. The number of aromatic nitrogens is 1. The standard InChI is InChI=1S/C16H16ClN3O/c17-12-5-6-14-11(9-12)4-7-15(14)20-16(21)19-10-13-3-1-2-8-18-13/h1-3,5-6,8-9,15H,4,7,10H2,(H2,19,20,21). The van der Waals surface area contributed by atoms with Crippen LogP contribution in [0, 0.1) is 0 Å². The Morgan fingerprint density at radius 2 is 2.24 bits per heavy atom. The Bertz CT molecular complexity index is 645. The molecule has 21 heavy (non-hydrogen) atoms. The number of rotatable bonds is 3. The summed E-state index contributed by atoms with van der Waals surface area (Å²) in [6.07, 6.45) is 3.57. The van der Waals surface area contributed by atoms with Crippen molar-refractivity contribution >= 4 is 17.6 Å². The Morgan fingerprint density at radius 3 is 3.05 bits per heavy atom. The van der Waals surface area contributed by atoms with Gasteiger partial charge in [0, 0.05) is 11.2 Å². The van der Waals surface area contributed by atoms with Gasteiger partial charge in [-0.3, -0.25) is 4.98 Å². The van der Waals surface area contributed by atoms with Crippen molar-refractivity contribution in [3.63, 3.8) is 0 Å². The predicted molar refractivity (Wildman–Crippen MR) is 82.1 cm³/mol. The van der Waals surface area contributed by atoms with Crippen LogP contribution in [0.4, 0.5) is 4.79 Å². The first-order chi connectivity index (χ1) is 10.2. The van der Waals surface area contributed by atoms with Gasteiger partial charge in [-0.05, 0) is 48.2 Å². The summed E-state index contributed by atoms with van der Waals surface area (Å²) in [6.45, 7) is 0.423. The minimum Gasteiger partial charge on any atom is -0.332 e. The highest BCUT2D eigenvalue weighted by Gasteiger charge is 2.23. The number of fused-ring (bicyclic) bond motifs is 1. The maximum atomic E-state index is 12.0. The topological polar surface area (TPSA) is 54.0 Å². The predicted octanol–water partition coefficient (Wildman–Crippen LogP) is 3.22. The van der Waals surface area contributed by atoms with E-state index >= 15 is 0 Å². The quantitative estimate of drug-likeness (QED) is 0.914. The Labute approximate surface area is 128 Å². The van der Waals surface area contributed by atoms with Gasteiger partial charge in [-0.2, -0.15) is 0 Å². The Balaban J connectivity index is 1.57. The lowest BCUT2D eigenvalue weighted by Gasteiger charge is -2.15. The van der Waals surface area contributed by atoms with Crippen LogP contribution in [0.3, 0.4) is 0 Å². The van der Waals surface area contributed by atoms with Crippen molar-refractivity contribution in [3.05, 3.63) is 64.4 Å². The van der Waals surface area contributed by atoms with E-state index < -0.39 is 0 Å². The summed E-state index contributed by atoms with van der Waals surface area (Å²) in [4.78, 5) is 16.1. The third kappa shape index (κ3) is 3.34. The summed E-state index contributed by atoms with van der Waals surface area (Å²) in [5.74, 6) is 0. The van der Waals surface area contributed by atoms with E-state index in [1.807, 2.05) is 36.4 Å². The van der Waals surface area contributed by atoms with Crippen molar-refractivity contribution < 1.29 is 4.79 Å². The van der Waals surface area contributed by atoms with Crippen LogP contribution in [-0.2, 0) is 13.0 Å². The van der Waals surface area contributed by atoms with Crippen LogP contribution in [0.15, 0.2) is 42.6 Å². The largest absolute Gasteiger partial charge is 0.332 e. The molecule has 4 nitrogen and oxygen atoms in total. The number of hydrogen-bond donors (Lipinski definition) is 2. The molecule has 0 spiro atoms. The zero-order chi connectivity index (χ0) is 14.7. The molecule has 0 radical (unpaired) electrons. The monoisotopic (exact) mass is 301 g/mol. The maximum Gasteiger partial charge on any atom is 0.315 e. The normalized spacial score (nSPS) is 16.3. The SMILES string of the molecule is O=C(NCc1ccccn1)NC1CCc2cc(Cl)ccc21. The van der Waals surface area contributed by atoms with Crippen LogP contribution < -0.4 is 10.6 Å². The first-order valence-corrected chi connectivity index (χ1v) is 7.33. The molecule has 0 fully saturated rings. The second-order valence-electron chi connectivity index (χ2n) is 5.08. The number of hydrogen-bond acceptors (Lipinski definition) is 2. The number of pyridine rings is 1. The summed E-state index contributed by atoms with van der Waals surface area (Å²) in [6, 6.07) is 11.4. The molecule has 108 valence electrons. The van der Waals surface area contributed by atoms with Gasteiger partial charge < -0.3 is 10.6 Å². The van der Waals surface area contributed by atoms with Crippen LogP contribution in [0.1, 0.15) is 29.3 Å². The zero-order valence-electron chi connectivity index (χ0n) is 11.5. The van der Waals surface area contributed by atoms with E-state index in [2.05, 4.69) is 15.6 Å². The average molecular weight is 302 g/mol. The number of carbonyl (C=O) groups excluding carboxylic acids is 1.